The number of benzene rings is 2. The summed E-state index contributed by atoms with van der Waals surface area (Å²) in [5.41, 5.74) is 8.42. The van der Waals surface area contributed by atoms with Crippen molar-refractivity contribution in [3.63, 3.8) is 0 Å². The molecule has 1 aliphatic carbocycles. The van der Waals surface area contributed by atoms with Crippen molar-refractivity contribution in [3.05, 3.63) is 77.1 Å². The molecule has 2 fully saturated rings. The first-order valence-corrected chi connectivity index (χ1v) is 17.5. The Morgan fingerprint density at radius 1 is 0.980 bits per heavy atom. The van der Waals surface area contributed by atoms with E-state index in [1.165, 1.54) is 29.1 Å². The van der Waals surface area contributed by atoms with E-state index in [9.17, 15) is 4.79 Å². The fourth-order valence-electron chi connectivity index (χ4n) is 8.02. The summed E-state index contributed by atoms with van der Waals surface area (Å²) in [7, 11) is 0. The van der Waals surface area contributed by atoms with Gasteiger partial charge in [0.05, 0.1) is 31.3 Å². The van der Waals surface area contributed by atoms with E-state index in [-0.39, 0.29) is 5.91 Å². The van der Waals surface area contributed by atoms with E-state index in [1.54, 1.807) is 11.2 Å². The third-order valence-corrected chi connectivity index (χ3v) is 10.7. The summed E-state index contributed by atoms with van der Waals surface area (Å²) >= 11 is 0. The second kappa shape index (κ2) is 12.3. The van der Waals surface area contributed by atoms with Crippen LogP contribution in [-0.2, 0) is 30.5 Å². The van der Waals surface area contributed by atoms with Crippen LogP contribution in [0, 0.1) is 5.82 Å². The van der Waals surface area contributed by atoms with Crippen LogP contribution in [0.15, 0.2) is 48.8 Å². The maximum Gasteiger partial charge on any atom is 0.274 e. The number of anilines is 4. The number of hydrogen-bond donors (Lipinski definition) is 2. The Kier molecular flexibility index (Phi) is 7.57. The second-order valence-electron chi connectivity index (χ2n) is 13.5. The molecule has 0 atom stereocenters. The molecule has 0 radical (unpaired) electrons. The average Bonchev–Trinajstić information content (AvgIpc) is 3.74. The third kappa shape index (κ3) is 5.34. The van der Waals surface area contributed by atoms with Crippen molar-refractivity contribution >= 4 is 40.0 Å². The first kappa shape index (κ1) is 30.3. The molecule has 252 valence electrons. The summed E-state index contributed by atoms with van der Waals surface area (Å²) < 4.78 is 23.1. The highest BCUT2D eigenvalue weighted by molar-refractivity contribution is 6.07. The van der Waals surface area contributed by atoms with Crippen LogP contribution in [-0.4, -0.2) is 87.3 Å². The molecule has 4 aliphatic rings. The van der Waals surface area contributed by atoms with Crippen LogP contribution in [0.3, 0.4) is 0 Å². The molecular weight excluding hydrogens is 621 g/mol. The lowest BCUT2D eigenvalue weighted by atomic mass is 9.98. The number of nitrogens with one attached hydrogen (secondary N) is 2. The summed E-state index contributed by atoms with van der Waals surface area (Å²) in [5, 5.41) is 3.46. The van der Waals surface area contributed by atoms with E-state index in [0.29, 0.717) is 65.3 Å². The lowest BCUT2D eigenvalue weighted by Gasteiger charge is -2.43. The number of carbonyl (C=O) groups excluding carboxylic acids is 1. The van der Waals surface area contributed by atoms with Crippen LogP contribution >= 0.6 is 0 Å². The van der Waals surface area contributed by atoms with Gasteiger partial charge in [-0.25, -0.2) is 19.3 Å². The van der Waals surface area contributed by atoms with E-state index < -0.39 is 5.82 Å². The van der Waals surface area contributed by atoms with Crippen LogP contribution in [0.25, 0.3) is 22.6 Å². The maximum absolute atomic E-state index is 15.5. The smallest absolute Gasteiger partial charge is 0.274 e. The number of halogens is 1. The lowest BCUT2D eigenvalue weighted by molar-refractivity contribution is -0.0660. The highest BCUT2D eigenvalue weighted by Crippen LogP contribution is 2.37. The molecule has 6 heterocycles. The largest absolute Gasteiger partial charge is 0.378 e. The SMILES string of the molecule is CCc1c(-c2nc(Nc3ccc(N4CCN(C5COC5)CC4)cc3)c3[nH]cnc3n2)cc(F)cc1N1CCn2c(cc3c2CCCC3)C1=O. The molecule has 12 heteroatoms. The van der Waals surface area contributed by atoms with E-state index in [4.69, 9.17) is 14.7 Å². The average molecular weight is 662 g/mol. The predicted molar refractivity (Wildman–Crippen MR) is 187 cm³/mol. The summed E-state index contributed by atoms with van der Waals surface area (Å²) in [5.74, 6) is 0.380. The number of nitrogens with zero attached hydrogens (tertiary/aromatic N) is 7. The molecule has 0 bridgehead atoms. The van der Waals surface area contributed by atoms with E-state index >= 15 is 4.39 Å². The molecule has 49 heavy (non-hydrogen) atoms. The molecule has 5 aromatic rings. The molecule has 9 rings (SSSR count). The van der Waals surface area contributed by atoms with Gasteiger partial charge >= 0.3 is 0 Å². The number of amides is 1. The molecule has 0 spiro atoms. The number of rotatable bonds is 7. The Labute approximate surface area is 284 Å². The molecule has 2 saturated heterocycles. The van der Waals surface area contributed by atoms with Gasteiger partial charge in [-0.05, 0) is 85.7 Å². The molecule has 2 aromatic carbocycles. The monoisotopic (exact) mass is 661 g/mol. The highest BCUT2D eigenvalue weighted by Gasteiger charge is 2.33. The van der Waals surface area contributed by atoms with Gasteiger partial charge in [0.2, 0.25) is 0 Å². The molecule has 3 aliphatic heterocycles. The first-order chi connectivity index (χ1) is 24.0. The van der Waals surface area contributed by atoms with Crippen molar-refractivity contribution in [2.45, 2.75) is 51.6 Å². The number of piperazine rings is 1. The summed E-state index contributed by atoms with van der Waals surface area (Å²) in [6.07, 6.45) is 6.48. The van der Waals surface area contributed by atoms with Crippen molar-refractivity contribution in [1.29, 1.82) is 0 Å². The van der Waals surface area contributed by atoms with Gasteiger partial charge < -0.3 is 29.4 Å². The van der Waals surface area contributed by atoms with Crippen molar-refractivity contribution in [2.75, 3.05) is 61.1 Å². The number of ether oxygens (including phenoxy) is 1. The van der Waals surface area contributed by atoms with Crippen molar-refractivity contribution < 1.29 is 13.9 Å². The van der Waals surface area contributed by atoms with Gasteiger partial charge in [0.25, 0.3) is 5.91 Å². The zero-order chi connectivity index (χ0) is 33.1. The van der Waals surface area contributed by atoms with E-state index in [0.717, 1.165) is 76.3 Å². The summed E-state index contributed by atoms with van der Waals surface area (Å²) in [4.78, 5) is 37.9. The second-order valence-corrected chi connectivity index (χ2v) is 13.5. The van der Waals surface area contributed by atoms with E-state index in [1.807, 2.05) is 6.92 Å². The van der Waals surface area contributed by atoms with Crippen LogP contribution < -0.4 is 15.1 Å². The Balaban J connectivity index is 1.01. The van der Waals surface area contributed by atoms with Crippen molar-refractivity contribution in [1.82, 2.24) is 29.4 Å². The van der Waals surface area contributed by atoms with Gasteiger partial charge in [-0.15, -0.1) is 0 Å². The van der Waals surface area contributed by atoms with Crippen molar-refractivity contribution in [3.8, 4) is 11.4 Å². The highest BCUT2D eigenvalue weighted by atomic mass is 19.1. The maximum atomic E-state index is 15.5. The number of aromatic nitrogens is 5. The molecule has 1 amide bonds. The minimum Gasteiger partial charge on any atom is -0.378 e. The van der Waals surface area contributed by atoms with E-state index in [2.05, 4.69) is 60.0 Å². The Morgan fingerprint density at radius 3 is 2.57 bits per heavy atom. The standard InChI is InChI=1S/C37H40FN9O2/c1-2-28-29(18-24(38)19-31(28)47-16-15-46-30-6-4-3-5-23(30)17-32(46)37(47)48)34-42-35-33(39-22-40-35)36(43-34)41-25-7-9-26(10-8-25)44-11-13-45(14-12-44)27-20-49-21-27/h7-10,17-19,22,27H,2-6,11-16,20-21H2,1H3,(H2,39,40,41,42,43). The fourth-order valence-corrected chi connectivity index (χ4v) is 8.02. The minimum absolute atomic E-state index is 0.0868. The number of H-pyrrole nitrogens is 1. The van der Waals surface area contributed by atoms with Crippen LogP contribution in [0.5, 0.6) is 0 Å². The minimum atomic E-state index is -0.437. The molecule has 2 N–H and O–H groups in total. The van der Waals surface area contributed by atoms with Gasteiger partial charge in [0.15, 0.2) is 17.3 Å². The summed E-state index contributed by atoms with van der Waals surface area (Å²) in [6.45, 7) is 8.95. The number of aryl methyl sites for hydroxylation is 1. The Morgan fingerprint density at radius 2 is 1.80 bits per heavy atom. The number of fused-ring (bicyclic) bond motifs is 4. The van der Waals surface area contributed by atoms with Crippen LogP contribution in [0.4, 0.5) is 27.3 Å². The zero-order valence-corrected chi connectivity index (χ0v) is 27.7. The predicted octanol–water partition coefficient (Wildman–Crippen LogP) is 5.33. The Hall–Kier alpha value is -4.81. The van der Waals surface area contributed by atoms with Gasteiger partial charge in [-0.2, -0.15) is 0 Å². The number of aromatic amines is 1. The zero-order valence-electron chi connectivity index (χ0n) is 27.7. The third-order valence-electron chi connectivity index (χ3n) is 10.7. The van der Waals surface area contributed by atoms with Gasteiger partial charge in [-0.3, -0.25) is 9.69 Å². The van der Waals surface area contributed by atoms with Crippen LogP contribution in [0.2, 0.25) is 0 Å². The van der Waals surface area contributed by atoms with Gasteiger partial charge in [0.1, 0.15) is 17.0 Å². The van der Waals surface area contributed by atoms with Crippen molar-refractivity contribution in [2.24, 2.45) is 0 Å². The molecule has 0 saturated carbocycles. The molecule has 11 nitrogen and oxygen atoms in total. The topological polar surface area (TPSA) is 107 Å². The van der Waals surface area contributed by atoms with Crippen LogP contribution in [0.1, 0.15) is 47.1 Å². The number of carbonyl (C=O) groups is 1. The number of imidazole rings is 1. The fraction of sp³-hybridized carbons (Fsp3) is 0.405. The molecular formula is C37H40FN9O2. The normalized spacial score (nSPS) is 18.4. The summed E-state index contributed by atoms with van der Waals surface area (Å²) in [6, 6.07) is 14.0. The molecule has 0 unspecified atom stereocenters. The quantitative estimate of drug-likeness (QED) is 0.241. The first-order valence-electron chi connectivity index (χ1n) is 17.5. The molecule has 3 aromatic heterocycles. The Bertz CT molecular complexity index is 2040. The lowest BCUT2D eigenvalue weighted by Crippen LogP contribution is -2.56. The van der Waals surface area contributed by atoms with Gasteiger partial charge in [-0.1, -0.05) is 6.92 Å². The van der Waals surface area contributed by atoms with Gasteiger partial charge in [0, 0.05) is 61.9 Å². The number of hydrogen-bond acceptors (Lipinski definition) is 8.